The number of rotatable bonds is 8. The standard InChI is InChI=1S/C21H26O8S/c1-14-8-10-16(11-9-14)30(24,25)29-20-18(22)17(28-21(26-2)19(20)23)13-27-12-15-6-4-3-5-7-15/h3-11,17-23H,12-13H2,1-2H3/t17-,18-,19-,20+,21-/m1/s1. The van der Waals surface area contributed by atoms with Gasteiger partial charge < -0.3 is 24.4 Å². The van der Waals surface area contributed by atoms with Crippen molar-refractivity contribution in [3.63, 3.8) is 0 Å². The van der Waals surface area contributed by atoms with Gasteiger partial charge in [0.15, 0.2) is 6.29 Å². The zero-order valence-electron chi connectivity index (χ0n) is 16.7. The Bertz CT molecular complexity index is 900. The van der Waals surface area contributed by atoms with Crippen molar-refractivity contribution >= 4 is 10.1 Å². The molecule has 5 atom stereocenters. The first-order valence-corrected chi connectivity index (χ1v) is 10.9. The molecular formula is C21H26O8S. The van der Waals surface area contributed by atoms with Gasteiger partial charge in [0.2, 0.25) is 0 Å². The zero-order valence-corrected chi connectivity index (χ0v) is 17.6. The van der Waals surface area contributed by atoms with Gasteiger partial charge in [-0.15, -0.1) is 0 Å². The van der Waals surface area contributed by atoms with Gasteiger partial charge in [-0.2, -0.15) is 8.42 Å². The summed E-state index contributed by atoms with van der Waals surface area (Å²) in [6.07, 6.45) is -6.60. The molecule has 0 amide bonds. The maximum atomic E-state index is 12.6. The van der Waals surface area contributed by atoms with Crippen LogP contribution in [0, 0.1) is 6.92 Å². The van der Waals surface area contributed by atoms with Gasteiger partial charge in [-0.1, -0.05) is 48.0 Å². The predicted molar refractivity (Wildman–Crippen MR) is 107 cm³/mol. The van der Waals surface area contributed by atoms with E-state index in [1.807, 2.05) is 37.3 Å². The Morgan fingerprint density at radius 1 is 1.00 bits per heavy atom. The second-order valence-electron chi connectivity index (χ2n) is 7.09. The quantitative estimate of drug-likeness (QED) is 0.595. The molecule has 0 radical (unpaired) electrons. The second-order valence-corrected chi connectivity index (χ2v) is 8.66. The lowest BCUT2D eigenvalue weighted by Gasteiger charge is -2.41. The fourth-order valence-electron chi connectivity index (χ4n) is 3.12. The van der Waals surface area contributed by atoms with Crippen LogP contribution in [0.3, 0.4) is 0 Å². The van der Waals surface area contributed by atoms with E-state index in [-0.39, 0.29) is 18.1 Å². The van der Waals surface area contributed by atoms with Crippen molar-refractivity contribution < 1.29 is 37.0 Å². The van der Waals surface area contributed by atoms with Crippen LogP contribution in [0.25, 0.3) is 0 Å². The summed E-state index contributed by atoms with van der Waals surface area (Å²) in [7, 11) is -2.93. The third kappa shape index (κ3) is 5.44. The summed E-state index contributed by atoms with van der Waals surface area (Å²) in [4.78, 5) is -0.0789. The molecule has 0 aromatic heterocycles. The molecule has 2 aromatic rings. The molecule has 1 aliphatic heterocycles. The van der Waals surface area contributed by atoms with Gasteiger partial charge in [0.25, 0.3) is 10.1 Å². The fourth-order valence-corrected chi connectivity index (χ4v) is 4.22. The van der Waals surface area contributed by atoms with E-state index in [4.69, 9.17) is 18.4 Å². The average molecular weight is 438 g/mol. The van der Waals surface area contributed by atoms with Crippen LogP contribution in [0.4, 0.5) is 0 Å². The number of aliphatic hydroxyl groups excluding tert-OH is 2. The van der Waals surface area contributed by atoms with Gasteiger partial charge in [0.1, 0.15) is 24.4 Å². The highest BCUT2D eigenvalue weighted by atomic mass is 32.2. The number of aryl methyl sites for hydroxylation is 1. The molecule has 0 saturated carbocycles. The highest BCUT2D eigenvalue weighted by Crippen LogP contribution is 2.28. The number of ether oxygens (including phenoxy) is 3. The number of hydrogen-bond donors (Lipinski definition) is 2. The van der Waals surface area contributed by atoms with Crippen molar-refractivity contribution in [1.82, 2.24) is 0 Å². The van der Waals surface area contributed by atoms with Crippen molar-refractivity contribution in [2.24, 2.45) is 0 Å². The number of methoxy groups -OCH3 is 1. The molecule has 8 nitrogen and oxygen atoms in total. The van der Waals surface area contributed by atoms with E-state index >= 15 is 0 Å². The molecule has 2 aromatic carbocycles. The zero-order chi connectivity index (χ0) is 21.7. The normalized spacial score (nSPS) is 27.1. The Morgan fingerprint density at radius 3 is 2.30 bits per heavy atom. The Morgan fingerprint density at radius 2 is 1.67 bits per heavy atom. The minimum Gasteiger partial charge on any atom is -0.387 e. The van der Waals surface area contributed by atoms with Crippen molar-refractivity contribution in [3.8, 4) is 0 Å². The lowest BCUT2D eigenvalue weighted by Crippen LogP contribution is -2.60. The summed E-state index contributed by atoms with van der Waals surface area (Å²) < 4.78 is 46.8. The predicted octanol–water partition coefficient (Wildman–Crippen LogP) is 1.38. The largest absolute Gasteiger partial charge is 0.387 e. The molecule has 0 aliphatic carbocycles. The van der Waals surface area contributed by atoms with Crippen molar-refractivity contribution in [2.75, 3.05) is 13.7 Å². The van der Waals surface area contributed by atoms with E-state index in [0.29, 0.717) is 0 Å². The molecular weight excluding hydrogens is 412 g/mol. The van der Waals surface area contributed by atoms with Gasteiger partial charge in [0.05, 0.1) is 18.1 Å². The van der Waals surface area contributed by atoms with Gasteiger partial charge in [-0.25, -0.2) is 0 Å². The first-order valence-electron chi connectivity index (χ1n) is 9.48. The third-order valence-corrected chi connectivity index (χ3v) is 6.14. The summed E-state index contributed by atoms with van der Waals surface area (Å²) in [5.74, 6) is 0. The van der Waals surface area contributed by atoms with E-state index in [1.54, 1.807) is 12.1 Å². The molecule has 0 unspecified atom stereocenters. The lowest BCUT2D eigenvalue weighted by molar-refractivity contribution is -0.292. The Balaban J connectivity index is 1.71. The summed E-state index contributed by atoms with van der Waals surface area (Å²) in [6.45, 7) is 2.06. The minimum absolute atomic E-state index is 0.0485. The summed E-state index contributed by atoms with van der Waals surface area (Å²) in [6, 6.07) is 15.5. The van der Waals surface area contributed by atoms with E-state index in [0.717, 1.165) is 11.1 Å². The van der Waals surface area contributed by atoms with Crippen molar-refractivity contribution in [1.29, 1.82) is 0 Å². The molecule has 164 valence electrons. The Labute approximate surface area is 176 Å². The number of hydrogen-bond acceptors (Lipinski definition) is 8. The number of benzene rings is 2. The maximum absolute atomic E-state index is 12.6. The van der Waals surface area contributed by atoms with Crippen LogP contribution in [0.5, 0.6) is 0 Å². The van der Waals surface area contributed by atoms with Crippen LogP contribution in [-0.2, 0) is 35.1 Å². The molecule has 2 N–H and O–H groups in total. The Kier molecular flexibility index (Phi) is 7.59. The second kappa shape index (κ2) is 9.97. The SMILES string of the molecule is CO[C@@H]1O[C@H](COCc2ccccc2)[C@@H](O)[C@H](OS(=O)(=O)c2ccc(C)cc2)[C@H]1O. The van der Waals surface area contributed by atoms with E-state index in [1.165, 1.54) is 19.2 Å². The van der Waals surface area contributed by atoms with Crippen LogP contribution in [-0.4, -0.2) is 63.1 Å². The lowest BCUT2D eigenvalue weighted by atomic mass is 9.99. The molecule has 3 rings (SSSR count). The van der Waals surface area contributed by atoms with E-state index in [9.17, 15) is 18.6 Å². The molecule has 0 bridgehead atoms. The van der Waals surface area contributed by atoms with Crippen LogP contribution < -0.4 is 0 Å². The van der Waals surface area contributed by atoms with Crippen LogP contribution >= 0.6 is 0 Å². The Hall–Kier alpha value is -1.85. The highest BCUT2D eigenvalue weighted by molar-refractivity contribution is 7.86. The highest BCUT2D eigenvalue weighted by Gasteiger charge is 2.47. The molecule has 0 spiro atoms. The van der Waals surface area contributed by atoms with Crippen LogP contribution in [0.1, 0.15) is 11.1 Å². The van der Waals surface area contributed by atoms with Crippen LogP contribution in [0.15, 0.2) is 59.5 Å². The van der Waals surface area contributed by atoms with E-state index < -0.39 is 40.8 Å². The summed E-state index contributed by atoms with van der Waals surface area (Å²) >= 11 is 0. The first-order chi connectivity index (χ1) is 14.3. The first kappa shape index (κ1) is 22.8. The molecule has 1 fully saturated rings. The van der Waals surface area contributed by atoms with Gasteiger partial charge in [0, 0.05) is 7.11 Å². The molecule has 1 heterocycles. The molecule has 9 heteroatoms. The smallest absolute Gasteiger partial charge is 0.297 e. The summed E-state index contributed by atoms with van der Waals surface area (Å²) in [5, 5.41) is 21.1. The number of aliphatic hydroxyl groups is 2. The monoisotopic (exact) mass is 438 g/mol. The maximum Gasteiger partial charge on any atom is 0.297 e. The molecule has 1 aliphatic rings. The topological polar surface area (TPSA) is 112 Å². The minimum atomic E-state index is -4.23. The average Bonchev–Trinajstić information content (AvgIpc) is 2.74. The fraction of sp³-hybridized carbons (Fsp3) is 0.429. The van der Waals surface area contributed by atoms with Gasteiger partial charge in [-0.05, 0) is 24.6 Å². The van der Waals surface area contributed by atoms with Crippen molar-refractivity contribution in [2.45, 2.75) is 49.1 Å². The van der Waals surface area contributed by atoms with E-state index in [2.05, 4.69) is 0 Å². The van der Waals surface area contributed by atoms with Crippen molar-refractivity contribution in [3.05, 3.63) is 65.7 Å². The summed E-state index contributed by atoms with van der Waals surface area (Å²) in [5.41, 5.74) is 1.82. The van der Waals surface area contributed by atoms with Gasteiger partial charge in [-0.3, -0.25) is 4.18 Å². The third-order valence-electron chi connectivity index (χ3n) is 4.82. The molecule has 30 heavy (non-hydrogen) atoms. The van der Waals surface area contributed by atoms with Crippen LogP contribution in [0.2, 0.25) is 0 Å². The molecule has 1 saturated heterocycles. The van der Waals surface area contributed by atoms with Gasteiger partial charge >= 0.3 is 0 Å².